The van der Waals surface area contributed by atoms with Gasteiger partial charge in [-0.2, -0.15) is 0 Å². The van der Waals surface area contributed by atoms with Crippen molar-refractivity contribution in [3.8, 4) is 28.4 Å². The Hall–Kier alpha value is -3.54. The van der Waals surface area contributed by atoms with Gasteiger partial charge < -0.3 is 10.1 Å². The Bertz CT molecular complexity index is 1070. The van der Waals surface area contributed by atoms with E-state index in [1.807, 2.05) is 37.4 Å². The number of hydrogen-bond donors (Lipinski definition) is 1. The summed E-state index contributed by atoms with van der Waals surface area (Å²) in [5, 5.41) is 4.10. The maximum Gasteiger partial charge on any atom is 0.182 e. The summed E-state index contributed by atoms with van der Waals surface area (Å²) in [6.45, 7) is 0. The number of hydrogen-bond acceptors (Lipinski definition) is 6. The minimum atomic E-state index is 0.545. The van der Waals surface area contributed by atoms with Crippen LogP contribution < -0.4 is 10.1 Å². The molecule has 0 saturated heterocycles. The highest BCUT2D eigenvalue weighted by atomic mass is 16.5. The zero-order valence-electron chi connectivity index (χ0n) is 14.5. The molecule has 0 fully saturated rings. The first-order chi connectivity index (χ1) is 12.8. The maximum absolute atomic E-state index is 5.32. The number of benzene rings is 2. The fraction of sp³-hybridized carbons (Fsp3) is 0.100. The fourth-order valence-corrected chi connectivity index (χ4v) is 2.83. The van der Waals surface area contributed by atoms with Crippen LogP contribution in [0.2, 0.25) is 0 Å². The molecule has 1 N–H and O–H groups in total. The Kier molecular flexibility index (Phi) is 4.15. The number of aromatic nitrogens is 4. The monoisotopic (exact) mass is 343 g/mol. The normalized spacial score (nSPS) is 10.7. The van der Waals surface area contributed by atoms with E-state index in [2.05, 4.69) is 37.4 Å². The van der Waals surface area contributed by atoms with Crippen LogP contribution in [0.4, 0.5) is 5.82 Å². The Balaban J connectivity index is 1.86. The van der Waals surface area contributed by atoms with Gasteiger partial charge in [-0.25, -0.2) is 15.0 Å². The number of ether oxygens (including phenoxy) is 1. The molecule has 0 aliphatic heterocycles. The van der Waals surface area contributed by atoms with Crippen LogP contribution in [0.15, 0.2) is 61.1 Å². The molecule has 2 aromatic carbocycles. The molecule has 26 heavy (non-hydrogen) atoms. The number of rotatable bonds is 4. The summed E-state index contributed by atoms with van der Waals surface area (Å²) in [6.07, 6.45) is 4.92. The average Bonchev–Trinajstić information content (AvgIpc) is 2.73. The van der Waals surface area contributed by atoms with Gasteiger partial charge in [0.15, 0.2) is 5.82 Å². The topological polar surface area (TPSA) is 72.8 Å². The quantitative estimate of drug-likeness (QED) is 0.607. The van der Waals surface area contributed by atoms with Crippen LogP contribution in [-0.4, -0.2) is 34.1 Å². The van der Waals surface area contributed by atoms with E-state index in [4.69, 9.17) is 4.74 Å². The number of methoxy groups -OCH3 is 1. The van der Waals surface area contributed by atoms with Crippen LogP contribution in [0, 0.1) is 0 Å². The van der Waals surface area contributed by atoms with Crippen molar-refractivity contribution in [1.29, 1.82) is 0 Å². The third-order valence-corrected chi connectivity index (χ3v) is 4.13. The molecule has 2 heterocycles. The van der Waals surface area contributed by atoms with Gasteiger partial charge in [-0.15, -0.1) is 0 Å². The van der Waals surface area contributed by atoms with Crippen molar-refractivity contribution in [3.05, 3.63) is 61.1 Å². The van der Waals surface area contributed by atoms with Crippen LogP contribution in [0.5, 0.6) is 5.75 Å². The van der Waals surface area contributed by atoms with Gasteiger partial charge >= 0.3 is 0 Å². The van der Waals surface area contributed by atoms with Gasteiger partial charge in [0, 0.05) is 24.8 Å². The Morgan fingerprint density at radius 1 is 0.962 bits per heavy atom. The predicted octanol–water partition coefficient (Wildman–Crippen LogP) is 3.80. The van der Waals surface area contributed by atoms with Crippen molar-refractivity contribution in [2.75, 3.05) is 19.5 Å². The molecular weight excluding hydrogens is 326 g/mol. The second-order valence-electron chi connectivity index (χ2n) is 5.70. The lowest BCUT2D eigenvalue weighted by molar-refractivity contribution is 0.415. The summed E-state index contributed by atoms with van der Waals surface area (Å²) in [4.78, 5) is 17.6. The van der Waals surface area contributed by atoms with Crippen molar-refractivity contribution in [2.24, 2.45) is 0 Å². The molecule has 6 heteroatoms. The summed E-state index contributed by atoms with van der Waals surface area (Å²) in [6, 6.07) is 14.1. The maximum atomic E-state index is 5.32. The minimum Gasteiger partial charge on any atom is -0.497 e. The van der Waals surface area contributed by atoms with Crippen molar-refractivity contribution in [1.82, 2.24) is 19.9 Å². The highest BCUT2D eigenvalue weighted by molar-refractivity contribution is 5.93. The van der Waals surface area contributed by atoms with Gasteiger partial charge in [-0.05, 0) is 35.4 Å². The van der Waals surface area contributed by atoms with E-state index in [0.717, 1.165) is 33.6 Å². The standard InChI is InChI=1S/C20H17N5O/c1-21-19-16-11-14(13-4-3-5-15(10-13)26-2)6-7-17(16)24-20(25-19)18-12-22-8-9-23-18/h3-12H,1-2H3,(H,21,24,25). The number of fused-ring (bicyclic) bond motifs is 1. The highest BCUT2D eigenvalue weighted by Crippen LogP contribution is 2.30. The van der Waals surface area contributed by atoms with Crippen LogP contribution >= 0.6 is 0 Å². The van der Waals surface area contributed by atoms with E-state index in [1.54, 1.807) is 25.7 Å². The van der Waals surface area contributed by atoms with Gasteiger partial charge in [-0.1, -0.05) is 18.2 Å². The molecular formula is C20H17N5O. The second kappa shape index (κ2) is 6.76. The molecule has 4 aromatic rings. The van der Waals surface area contributed by atoms with Gasteiger partial charge in [0.1, 0.15) is 17.3 Å². The number of nitrogens with zero attached hydrogens (tertiary/aromatic N) is 4. The number of nitrogens with one attached hydrogen (secondary N) is 1. The van der Waals surface area contributed by atoms with Crippen molar-refractivity contribution < 1.29 is 4.74 Å². The fourth-order valence-electron chi connectivity index (χ4n) is 2.83. The van der Waals surface area contributed by atoms with Gasteiger partial charge in [0.2, 0.25) is 0 Å². The second-order valence-corrected chi connectivity index (χ2v) is 5.70. The van der Waals surface area contributed by atoms with Crippen LogP contribution in [0.25, 0.3) is 33.5 Å². The molecule has 0 aliphatic carbocycles. The molecule has 0 amide bonds. The third kappa shape index (κ3) is 2.93. The molecule has 0 spiro atoms. The summed E-state index contributed by atoms with van der Waals surface area (Å²) < 4.78 is 5.32. The van der Waals surface area contributed by atoms with E-state index in [9.17, 15) is 0 Å². The van der Waals surface area contributed by atoms with Crippen molar-refractivity contribution in [3.63, 3.8) is 0 Å². The predicted molar refractivity (Wildman–Crippen MR) is 102 cm³/mol. The van der Waals surface area contributed by atoms with Gasteiger partial charge in [0.25, 0.3) is 0 Å². The molecule has 2 aromatic heterocycles. The minimum absolute atomic E-state index is 0.545. The van der Waals surface area contributed by atoms with Crippen molar-refractivity contribution in [2.45, 2.75) is 0 Å². The SMILES string of the molecule is CNc1nc(-c2cnccn2)nc2ccc(-c3cccc(OC)c3)cc12. The van der Waals surface area contributed by atoms with E-state index < -0.39 is 0 Å². The summed E-state index contributed by atoms with van der Waals surface area (Å²) in [7, 11) is 3.51. The zero-order valence-corrected chi connectivity index (χ0v) is 14.5. The summed E-state index contributed by atoms with van der Waals surface area (Å²) >= 11 is 0. The lowest BCUT2D eigenvalue weighted by Gasteiger charge is -2.10. The average molecular weight is 343 g/mol. The molecule has 0 bridgehead atoms. The van der Waals surface area contributed by atoms with E-state index >= 15 is 0 Å². The van der Waals surface area contributed by atoms with E-state index in [1.165, 1.54) is 0 Å². The Morgan fingerprint density at radius 3 is 2.62 bits per heavy atom. The first kappa shape index (κ1) is 16.0. The van der Waals surface area contributed by atoms with Crippen molar-refractivity contribution >= 4 is 16.7 Å². The lowest BCUT2D eigenvalue weighted by atomic mass is 10.0. The van der Waals surface area contributed by atoms with Crippen LogP contribution in [0.1, 0.15) is 0 Å². The summed E-state index contributed by atoms with van der Waals surface area (Å²) in [5.41, 5.74) is 3.63. The first-order valence-corrected chi connectivity index (χ1v) is 8.19. The van der Waals surface area contributed by atoms with E-state index in [0.29, 0.717) is 11.5 Å². The summed E-state index contributed by atoms with van der Waals surface area (Å²) in [5.74, 6) is 2.12. The molecule has 0 radical (unpaired) electrons. The molecule has 4 rings (SSSR count). The zero-order chi connectivity index (χ0) is 17.9. The molecule has 0 atom stereocenters. The van der Waals surface area contributed by atoms with Gasteiger partial charge in [0.05, 0.1) is 18.8 Å². The molecule has 0 unspecified atom stereocenters. The Morgan fingerprint density at radius 2 is 1.85 bits per heavy atom. The van der Waals surface area contributed by atoms with E-state index in [-0.39, 0.29) is 0 Å². The smallest absolute Gasteiger partial charge is 0.182 e. The van der Waals surface area contributed by atoms with Crippen LogP contribution in [0.3, 0.4) is 0 Å². The number of anilines is 1. The van der Waals surface area contributed by atoms with Crippen LogP contribution in [-0.2, 0) is 0 Å². The first-order valence-electron chi connectivity index (χ1n) is 8.19. The largest absolute Gasteiger partial charge is 0.497 e. The Labute approximate surface area is 150 Å². The third-order valence-electron chi connectivity index (χ3n) is 4.13. The molecule has 0 saturated carbocycles. The molecule has 6 nitrogen and oxygen atoms in total. The molecule has 0 aliphatic rings. The molecule has 128 valence electrons. The lowest BCUT2D eigenvalue weighted by Crippen LogP contribution is -2.00. The van der Waals surface area contributed by atoms with Gasteiger partial charge in [-0.3, -0.25) is 4.98 Å². The highest BCUT2D eigenvalue weighted by Gasteiger charge is 2.11.